The number of amides is 1. The number of thioether (sulfide) groups is 1. The van der Waals surface area contributed by atoms with Crippen LogP contribution in [0.4, 0.5) is 10.1 Å². The molecule has 5 aromatic rings. The number of halogens is 1. The summed E-state index contributed by atoms with van der Waals surface area (Å²) in [5, 5.41) is 14.4. The number of aryl methyl sites for hydroxylation is 1. The van der Waals surface area contributed by atoms with Crippen LogP contribution in [0, 0.1) is 12.7 Å². The summed E-state index contributed by atoms with van der Waals surface area (Å²) in [6.45, 7) is 2.02. The fraction of sp³-hybridized carbons (Fsp3) is 0.0833. The largest absolute Gasteiger partial charge is 0.461 e. The summed E-state index contributed by atoms with van der Waals surface area (Å²) in [6.07, 6.45) is 1.60. The molecule has 0 aliphatic heterocycles. The molecule has 0 bridgehead atoms. The van der Waals surface area contributed by atoms with Crippen LogP contribution < -0.4 is 5.32 Å². The molecule has 0 saturated heterocycles. The molecule has 0 fully saturated rings. The fourth-order valence-corrected chi connectivity index (χ4v) is 5.05. The van der Waals surface area contributed by atoms with Crippen molar-refractivity contribution in [3.63, 3.8) is 0 Å². The molecule has 5 rings (SSSR count). The van der Waals surface area contributed by atoms with Crippen molar-refractivity contribution in [2.24, 2.45) is 0 Å². The first kappa shape index (κ1) is 22.1. The molecule has 1 amide bonds. The Labute approximate surface area is 202 Å². The van der Waals surface area contributed by atoms with Gasteiger partial charge in [-0.2, -0.15) is 0 Å². The second kappa shape index (κ2) is 9.62. The highest BCUT2D eigenvalue weighted by Gasteiger charge is 2.20. The molecule has 34 heavy (non-hydrogen) atoms. The number of carbonyl (C=O) groups excluding carboxylic acids is 1. The summed E-state index contributed by atoms with van der Waals surface area (Å²) < 4.78 is 21.4. The molecular formula is C24H18FN5O2S2. The number of nitrogens with zero attached hydrogens (tertiary/aromatic N) is 4. The summed E-state index contributed by atoms with van der Waals surface area (Å²) >= 11 is 2.82. The minimum atomic E-state index is -0.496. The van der Waals surface area contributed by atoms with Gasteiger partial charge in [-0.3, -0.25) is 9.36 Å². The Morgan fingerprint density at radius 2 is 1.94 bits per heavy atom. The van der Waals surface area contributed by atoms with Crippen molar-refractivity contribution >= 4 is 34.7 Å². The monoisotopic (exact) mass is 491 g/mol. The maximum absolute atomic E-state index is 13.8. The number of nitrogens with one attached hydrogen (secondary N) is 1. The highest BCUT2D eigenvalue weighted by molar-refractivity contribution is 7.98. The summed E-state index contributed by atoms with van der Waals surface area (Å²) in [5.74, 6) is 0.750. The molecule has 0 atom stereocenters. The zero-order valence-corrected chi connectivity index (χ0v) is 19.6. The van der Waals surface area contributed by atoms with Gasteiger partial charge in [-0.1, -0.05) is 42.1 Å². The molecule has 2 aromatic carbocycles. The van der Waals surface area contributed by atoms with Gasteiger partial charge in [0.1, 0.15) is 16.5 Å². The molecule has 1 N–H and O–H groups in total. The molecule has 0 radical (unpaired) electrons. The maximum Gasteiger partial charge on any atom is 0.275 e. The van der Waals surface area contributed by atoms with E-state index in [-0.39, 0.29) is 11.4 Å². The molecule has 7 nitrogen and oxygen atoms in total. The van der Waals surface area contributed by atoms with E-state index in [1.807, 2.05) is 47.9 Å². The minimum Gasteiger partial charge on any atom is -0.461 e. The molecule has 10 heteroatoms. The van der Waals surface area contributed by atoms with Crippen LogP contribution in [-0.4, -0.2) is 25.7 Å². The average molecular weight is 492 g/mol. The lowest BCUT2D eigenvalue weighted by Gasteiger charge is -2.11. The highest BCUT2D eigenvalue weighted by atomic mass is 32.2. The molecule has 0 aliphatic carbocycles. The molecule has 170 valence electrons. The van der Waals surface area contributed by atoms with Crippen LogP contribution in [0.3, 0.4) is 0 Å². The lowest BCUT2D eigenvalue weighted by molar-refractivity contribution is 0.102. The number of benzene rings is 2. The smallest absolute Gasteiger partial charge is 0.275 e. The van der Waals surface area contributed by atoms with Gasteiger partial charge in [0.15, 0.2) is 10.9 Å². The van der Waals surface area contributed by atoms with E-state index in [0.717, 1.165) is 16.3 Å². The first-order valence-corrected chi connectivity index (χ1v) is 12.1. The number of aromatic nitrogens is 4. The van der Waals surface area contributed by atoms with Crippen molar-refractivity contribution in [2.45, 2.75) is 17.8 Å². The predicted molar refractivity (Wildman–Crippen MR) is 130 cm³/mol. The molecule has 0 saturated carbocycles. The van der Waals surface area contributed by atoms with Crippen molar-refractivity contribution in [1.82, 2.24) is 19.7 Å². The molecule has 0 spiro atoms. The summed E-state index contributed by atoms with van der Waals surface area (Å²) in [6, 6.07) is 17.6. The molecule has 3 heterocycles. The average Bonchev–Trinajstić information content (AvgIpc) is 3.60. The van der Waals surface area contributed by atoms with E-state index in [9.17, 15) is 9.18 Å². The molecule has 3 aromatic heterocycles. The topological polar surface area (TPSA) is 85.8 Å². The van der Waals surface area contributed by atoms with Gasteiger partial charge in [-0.05, 0) is 42.8 Å². The lowest BCUT2D eigenvalue weighted by Crippen LogP contribution is -2.13. The van der Waals surface area contributed by atoms with E-state index in [0.29, 0.717) is 22.5 Å². The molecule has 0 aliphatic rings. The van der Waals surface area contributed by atoms with Crippen LogP contribution >= 0.6 is 23.1 Å². The van der Waals surface area contributed by atoms with E-state index in [1.54, 1.807) is 23.8 Å². The van der Waals surface area contributed by atoms with Crippen LogP contribution in [-0.2, 0) is 5.75 Å². The van der Waals surface area contributed by atoms with Crippen molar-refractivity contribution in [2.75, 3.05) is 5.32 Å². The van der Waals surface area contributed by atoms with Gasteiger partial charge >= 0.3 is 0 Å². The molecule has 0 unspecified atom stereocenters. The zero-order chi connectivity index (χ0) is 23.5. The van der Waals surface area contributed by atoms with Gasteiger partial charge in [-0.25, -0.2) is 9.37 Å². The normalized spacial score (nSPS) is 11.0. The van der Waals surface area contributed by atoms with E-state index >= 15 is 0 Å². The predicted octanol–water partition coefficient (Wildman–Crippen LogP) is 5.98. The van der Waals surface area contributed by atoms with Crippen LogP contribution in [0.15, 0.2) is 81.9 Å². The number of furan rings is 1. The van der Waals surface area contributed by atoms with Crippen molar-refractivity contribution in [3.8, 4) is 17.3 Å². The number of thiazole rings is 1. The van der Waals surface area contributed by atoms with E-state index in [4.69, 9.17) is 4.42 Å². The second-order valence-electron chi connectivity index (χ2n) is 7.25. The number of anilines is 1. The van der Waals surface area contributed by atoms with Crippen molar-refractivity contribution < 1.29 is 13.6 Å². The Balaban J connectivity index is 1.36. The number of carbonyl (C=O) groups is 1. The zero-order valence-electron chi connectivity index (χ0n) is 17.9. The van der Waals surface area contributed by atoms with Crippen molar-refractivity contribution in [3.05, 3.63) is 94.4 Å². The van der Waals surface area contributed by atoms with Gasteiger partial charge in [-0.15, -0.1) is 21.5 Å². The number of hydrogen-bond donors (Lipinski definition) is 1. The first-order chi connectivity index (χ1) is 16.6. The lowest BCUT2D eigenvalue weighted by atomic mass is 10.2. The van der Waals surface area contributed by atoms with Crippen LogP contribution in [0.25, 0.3) is 17.3 Å². The summed E-state index contributed by atoms with van der Waals surface area (Å²) in [4.78, 5) is 16.9. The summed E-state index contributed by atoms with van der Waals surface area (Å²) in [5.41, 5.74) is 2.37. The third-order valence-electron chi connectivity index (χ3n) is 4.96. The van der Waals surface area contributed by atoms with Gasteiger partial charge in [0.2, 0.25) is 5.82 Å². The Hall–Kier alpha value is -3.76. The Bertz CT molecular complexity index is 1450. The summed E-state index contributed by atoms with van der Waals surface area (Å²) in [7, 11) is 0. The van der Waals surface area contributed by atoms with E-state index in [2.05, 4.69) is 20.5 Å². The van der Waals surface area contributed by atoms with Gasteiger partial charge in [0.05, 0.1) is 23.4 Å². The third kappa shape index (κ3) is 4.50. The quantitative estimate of drug-likeness (QED) is 0.282. The van der Waals surface area contributed by atoms with Gasteiger partial charge < -0.3 is 9.73 Å². The van der Waals surface area contributed by atoms with Gasteiger partial charge in [0.25, 0.3) is 5.91 Å². The second-order valence-corrected chi connectivity index (χ2v) is 9.14. The van der Waals surface area contributed by atoms with Gasteiger partial charge in [0, 0.05) is 5.38 Å². The molecular weight excluding hydrogens is 473 g/mol. The van der Waals surface area contributed by atoms with Crippen LogP contribution in [0.1, 0.15) is 21.1 Å². The fourth-order valence-electron chi connectivity index (χ4n) is 3.32. The third-order valence-corrected chi connectivity index (χ3v) is 6.93. The number of para-hydroxylation sites is 2. The van der Waals surface area contributed by atoms with E-state index in [1.165, 1.54) is 35.2 Å². The Kier molecular flexibility index (Phi) is 6.24. The van der Waals surface area contributed by atoms with Crippen molar-refractivity contribution in [1.29, 1.82) is 0 Å². The standard InChI is InChI=1S/C24H18FN5O2S2/c1-15-7-2-5-10-19(15)30-22(20-11-6-12-32-20)28-29-24(30)34-14-21-26-18(13-33-21)23(31)27-17-9-4-3-8-16(17)25/h2-13H,14H2,1H3,(H,27,31). The highest BCUT2D eigenvalue weighted by Crippen LogP contribution is 2.31. The maximum atomic E-state index is 13.8. The Morgan fingerprint density at radius 1 is 1.12 bits per heavy atom. The number of rotatable bonds is 7. The SMILES string of the molecule is Cc1ccccc1-n1c(SCc2nc(C(=O)Nc3ccccc3F)cs2)nnc1-c1ccco1. The Morgan fingerprint density at radius 3 is 2.74 bits per heavy atom. The van der Waals surface area contributed by atoms with Crippen LogP contribution in [0.2, 0.25) is 0 Å². The minimum absolute atomic E-state index is 0.119. The van der Waals surface area contributed by atoms with E-state index < -0.39 is 11.7 Å². The first-order valence-electron chi connectivity index (χ1n) is 10.3. The van der Waals surface area contributed by atoms with Crippen LogP contribution in [0.5, 0.6) is 0 Å². The number of hydrogen-bond acceptors (Lipinski definition) is 7.